The predicted octanol–water partition coefficient (Wildman–Crippen LogP) is 3.44. The van der Waals surface area contributed by atoms with Crippen LogP contribution in [0.3, 0.4) is 0 Å². The van der Waals surface area contributed by atoms with E-state index in [2.05, 4.69) is 15.3 Å². The van der Waals surface area contributed by atoms with Gasteiger partial charge in [-0.15, -0.1) is 10.2 Å². The zero-order valence-electron chi connectivity index (χ0n) is 10.6. The van der Waals surface area contributed by atoms with E-state index in [1.165, 1.54) is 4.68 Å². The number of carbonyl (C=O) groups excluding carboxylic acids is 1. The van der Waals surface area contributed by atoms with Crippen molar-refractivity contribution < 1.29 is 4.79 Å². The lowest BCUT2D eigenvalue weighted by molar-refractivity contribution is 0.112. The standard InChI is InChI=1S/C13H12Cl2N4O/c14-10-5-6-11(17-16-10)19-13(15)9(7-20)12(18-19)8-3-1-2-4-8/h5-8H,1-4H2. The highest BCUT2D eigenvalue weighted by Gasteiger charge is 2.26. The molecule has 5 nitrogen and oxygen atoms in total. The van der Waals surface area contributed by atoms with Crippen molar-refractivity contribution in [3.05, 3.63) is 33.7 Å². The molecule has 0 atom stereocenters. The maximum Gasteiger partial charge on any atom is 0.177 e. The van der Waals surface area contributed by atoms with E-state index in [9.17, 15) is 4.79 Å². The Bertz CT molecular complexity index is 633. The first-order chi connectivity index (χ1) is 9.70. The number of hydrogen-bond donors (Lipinski definition) is 0. The van der Waals surface area contributed by atoms with E-state index in [0.717, 1.165) is 37.7 Å². The van der Waals surface area contributed by atoms with Gasteiger partial charge in [-0.2, -0.15) is 5.10 Å². The summed E-state index contributed by atoms with van der Waals surface area (Å²) in [6.45, 7) is 0. The Labute approximate surface area is 125 Å². The third kappa shape index (κ3) is 2.31. The van der Waals surface area contributed by atoms with Crippen LogP contribution in [0.5, 0.6) is 0 Å². The van der Waals surface area contributed by atoms with Gasteiger partial charge in [0.05, 0.1) is 11.3 Å². The maximum atomic E-state index is 11.3. The molecule has 3 rings (SSSR count). The third-order valence-corrected chi connectivity index (χ3v) is 4.15. The fourth-order valence-electron chi connectivity index (χ4n) is 2.61. The third-order valence-electron chi connectivity index (χ3n) is 3.59. The normalized spacial score (nSPS) is 15.7. The van der Waals surface area contributed by atoms with Crippen LogP contribution < -0.4 is 0 Å². The van der Waals surface area contributed by atoms with Crippen molar-refractivity contribution in [1.29, 1.82) is 0 Å². The summed E-state index contributed by atoms with van der Waals surface area (Å²) in [4.78, 5) is 11.3. The molecule has 2 aromatic rings. The second-order valence-corrected chi connectivity index (χ2v) is 5.56. The van der Waals surface area contributed by atoms with E-state index < -0.39 is 0 Å². The van der Waals surface area contributed by atoms with Crippen LogP contribution in [-0.2, 0) is 0 Å². The van der Waals surface area contributed by atoms with Crippen molar-refractivity contribution in [1.82, 2.24) is 20.0 Å². The van der Waals surface area contributed by atoms with E-state index in [4.69, 9.17) is 23.2 Å². The van der Waals surface area contributed by atoms with Crippen LogP contribution in [0, 0.1) is 0 Å². The smallest absolute Gasteiger partial charge is 0.177 e. The molecule has 1 fully saturated rings. The minimum atomic E-state index is 0.276. The zero-order valence-corrected chi connectivity index (χ0v) is 12.1. The van der Waals surface area contributed by atoms with E-state index in [-0.39, 0.29) is 5.15 Å². The molecule has 2 aromatic heterocycles. The van der Waals surface area contributed by atoms with Crippen molar-refractivity contribution in [2.24, 2.45) is 0 Å². The van der Waals surface area contributed by atoms with Crippen LogP contribution in [0.2, 0.25) is 10.3 Å². The molecular weight excluding hydrogens is 299 g/mol. The molecule has 0 radical (unpaired) electrons. The number of rotatable bonds is 3. The molecular formula is C13H12Cl2N4O. The van der Waals surface area contributed by atoms with Crippen molar-refractivity contribution in [2.75, 3.05) is 0 Å². The Balaban J connectivity index is 2.07. The molecule has 0 aliphatic heterocycles. The van der Waals surface area contributed by atoms with Gasteiger partial charge < -0.3 is 0 Å². The van der Waals surface area contributed by atoms with Gasteiger partial charge in [-0.25, -0.2) is 4.68 Å². The molecule has 0 saturated heterocycles. The van der Waals surface area contributed by atoms with Crippen LogP contribution >= 0.6 is 23.2 Å². The average molecular weight is 311 g/mol. The molecule has 20 heavy (non-hydrogen) atoms. The van der Waals surface area contributed by atoms with Crippen LogP contribution in [-0.4, -0.2) is 26.3 Å². The highest BCUT2D eigenvalue weighted by Crippen LogP contribution is 2.37. The summed E-state index contributed by atoms with van der Waals surface area (Å²) in [5.41, 5.74) is 1.22. The van der Waals surface area contributed by atoms with Crippen LogP contribution in [0.1, 0.15) is 47.7 Å². The molecule has 1 aliphatic carbocycles. The molecule has 0 amide bonds. The fourth-order valence-corrected chi connectivity index (χ4v) is 2.98. The first kappa shape index (κ1) is 13.5. The second-order valence-electron chi connectivity index (χ2n) is 4.82. The summed E-state index contributed by atoms with van der Waals surface area (Å²) < 4.78 is 1.45. The van der Waals surface area contributed by atoms with Gasteiger partial charge in [0, 0.05) is 5.92 Å². The summed E-state index contributed by atoms with van der Waals surface area (Å²) in [5.74, 6) is 0.751. The summed E-state index contributed by atoms with van der Waals surface area (Å²) in [6, 6.07) is 3.28. The monoisotopic (exact) mass is 310 g/mol. The number of carbonyl (C=O) groups is 1. The minimum Gasteiger partial charge on any atom is -0.298 e. The van der Waals surface area contributed by atoms with Gasteiger partial charge in [0.15, 0.2) is 17.3 Å². The number of aromatic nitrogens is 4. The lowest BCUT2D eigenvalue weighted by Gasteiger charge is -2.05. The van der Waals surface area contributed by atoms with E-state index in [1.807, 2.05) is 0 Å². The Morgan fingerprint density at radius 3 is 2.55 bits per heavy atom. The first-order valence-electron chi connectivity index (χ1n) is 6.44. The fraction of sp³-hybridized carbons (Fsp3) is 0.385. The van der Waals surface area contributed by atoms with Gasteiger partial charge in [-0.1, -0.05) is 36.0 Å². The molecule has 0 bridgehead atoms. The molecule has 1 saturated carbocycles. The van der Waals surface area contributed by atoms with Gasteiger partial charge in [0.2, 0.25) is 0 Å². The van der Waals surface area contributed by atoms with Gasteiger partial charge in [0.1, 0.15) is 5.15 Å². The molecule has 104 valence electrons. The summed E-state index contributed by atoms with van der Waals surface area (Å²) in [5, 5.41) is 12.8. The maximum absolute atomic E-state index is 11.3. The lowest BCUT2D eigenvalue weighted by atomic mass is 10.0. The van der Waals surface area contributed by atoms with Crippen molar-refractivity contribution in [2.45, 2.75) is 31.6 Å². The average Bonchev–Trinajstić information content (AvgIpc) is 3.07. The SMILES string of the molecule is O=Cc1c(C2CCCC2)nn(-c2ccc(Cl)nn2)c1Cl. The summed E-state index contributed by atoms with van der Waals surface area (Å²) in [6.07, 6.45) is 5.17. The van der Waals surface area contributed by atoms with E-state index in [1.54, 1.807) is 12.1 Å². The summed E-state index contributed by atoms with van der Waals surface area (Å²) in [7, 11) is 0. The Morgan fingerprint density at radius 1 is 1.20 bits per heavy atom. The minimum absolute atomic E-state index is 0.276. The summed E-state index contributed by atoms with van der Waals surface area (Å²) >= 11 is 12.0. The first-order valence-corrected chi connectivity index (χ1v) is 7.19. The molecule has 0 unspecified atom stereocenters. The molecule has 0 aromatic carbocycles. The van der Waals surface area contributed by atoms with Crippen molar-refractivity contribution in [3.63, 3.8) is 0 Å². The number of hydrogen-bond acceptors (Lipinski definition) is 4. The van der Waals surface area contributed by atoms with Gasteiger partial charge in [0.25, 0.3) is 0 Å². The van der Waals surface area contributed by atoms with Crippen molar-refractivity contribution >= 4 is 29.5 Å². The Hall–Kier alpha value is -1.46. The molecule has 7 heteroatoms. The predicted molar refractivity (Wildman–Crippen MR) is 75.8 cm³/mol. The van der Waals surface area contributed by atoms with Crippen molar-refractivity contribution in [3.8, 4) is 5.82 Å². The van der Waals surface area contributed by atoms with Gasteiger partial charge in [-0.3, -0.25) is 4.79 Å². The van der Waals surface area contributed by atoms with Crippen LogP contribution in [0.25, 0.3) is 5.82 Å². The second kappa shape index (κ2) is 5.50. The number of nitrogens with zero attached hydrogens (tertiary/aromatic N) is 4. The zero-order chi connectivity index (χ0) is 14.1. The lowest BCUT2D eigenvalue weighted by Crippen LogP contribution is -2.02. The van der Waals surface area contributed by atoms with E-state index in [0.29, 0.717) is 22.5 Å². The van der Waals surface area contributed by atoms with Gasteiger partial charge in [-0.05, 0) is 25.0 Å². The number of aldehydes is 1. The molecule has 1 aliphatic rings. The number of halogens is 2. The van der Waals surface area contributed by atoms with E-state index >= 15 is 0 Å². The molecule has 0 N–H and O–H groups in total. The highest BCUT2D eigenvalue weighted by molar-refractivity contribution is 6.32. The highest BCUT2D eigenvalue weighted by atomic mass is 35.5. The topological polar surface area (TPSA) is 60.7 Å². The molecule has 2 heterocycles. The quantitative estimate of drug-likeness (QED) is 0.815. The van der Waals surface area contributed by atoms with Crippen LogP contribution in [0.4, 0.5) is 0 Å². The van der Waals surface area contributed by atoms with Crippen LogP contribution in [0.15, 0.2) is 12.1 Å². The Kier molecular flexibility index (Phi) is 3.72. The van der Waals surface area contributed by atoms with Gasteiger partial charge >= 0.3 is 0 Å². The largest absolute Gasteiger partial charge is 0.298 e. The molecule has 0 spiro atoms. The Morgan fingerprint density at radius 2 is 1.95 bits per heavy atom.